The van der Waals surface area contributed by atoms with Gasteiger partial charge in [-0.15, -0.1) is 11.3 Å². The molecule has 7 nitrogen and oxygen atoms in total. The molecule has 0 aliphatic rings. The van der Waals surface area contributed by atoms with Crippen molar-refractivity contribution >= 4 is 40.7 Å². The topological polar surface area (TPSA) is 93.7 Å². The van der Waals surface area contributed by atoms with Crippen molar-refractivity contribution in [3.63, 3.8) is 0 Å². The smallest absolute Gasteiger partial charge is 0.348 e. The number of hydrazine groups is 1. The summed E-state index contributed by atoms with van der Waals surface area (Å²) >= 11 is 6.93. The molecule has 1 aromatic carbocycles. The number of amides is 2. The van der Waals surface area contributed by atoms with Crippen LogP contribution < -0.4 is 15.6 Å². The molecule has 0 aliphatic heterocycles. The van der Waals surface area contributed by atoms with E-state index in [0.717, 1.165) is 0 Å². The zero-order valence-corrected chi connectivity index (χ0v) is 13.9. The van der Waals surface area contributed by atoms with Crippen molar-refractivity contribution in [1.82, 2.24) is 10.9 Å². The molecular formula is C15H13ClN2O5S. The molecule has 0 atom stereocenters. The van der Waals surface area contributed by atoms with E-state index in [4.69, 9.17) is 21.1 Å². The number of benzene rings is 1. The number of rotatable bonds is 6. The van der Waals surface area contributed by atoms with Crippen LogP contribution in [0.1, 0.15) is 9.67 Å². The van der Waals surface area contributed by atoms with E-state index in [9.17, 15) is 14.4 Å². The van der Waals surface area contributed by atoms with Gasteiger partial charge in [0.05, 0.1) is 0 Å². The number of carbonyl (C=O) groups is 3. The van der Waals surface area contributed by atoms with Crippen LogP contribution in [0.15, 0.2) is 41.8 Å². The van der Waals surface area contributed by atoms with Crippen molar-refractivity contribution in [2.24, 2.45) is 0 Å². The van der Waals surface area contributed by atoms with Crippen LogP contribution >= 0.6 is 22.9 Å². The van der Waals surface area contributed by atoms with Gasteiger partial charge in [-0.25, -0.2) is 4.79 Å². The minimum Gasteiger partial charge on any atom is -0.484 e. The molecule has 0 saturated heterocycles. The number of halogens is 1. The Morgan fingerprint density at radius 1 is 1.00 bits per heavy atom. The maximum atomic E-state index is 11.5. The lowest BCUT2D eigenvalue weighted by Gasteiger charge is -2.09. The third kappa shape index (κ3) is 5.90. The predicted octanol–water partition coefficient (Wildman–Crippen LogP) is 1.78. The summed E-state index contributed by atoms with van der Waals surface area (Å²) in [5.74, 6) is -1.37. The van der Waals surface area contributed by atoms with Gasteiger partial charge >= 0.3 is 5.97 Å². The van der Waals surface area contributed by atoms with Gasteiger partial charge in [0.1, 0.15) is 10.6 Å². The number of nitrogens with one attached hydrogen (secondary N) is 2. The summed E-state index contributed by atoms with van der Waals surface area (Å²) in [6, 6.07) is 9.75. The highest BCUT2D eigenvalue weighted by Gasteiger charge is 2.11. The average Bonchev–Trinajstić information content (AvgIpc) is 3.12. The van der Waals surface area contributed by atoms with E-state index in [-0.39, 0.29) is 6.61 Å². The third-order valence-corrected chi connectivity index (χ3v) is 3.68. The van der Waals surface area contributed by atoms with Crippen molar-refractivity contribution < 1.29 is 23.9 Å². The lowest BCUT2D eigenvalue weighted by atomic mass is 10.3. The Hall–Kier alpha value is -2.58. The maximum Gasteiger partial charge on any atom is 0.348 e. The Kier molecular flexibility index (Phi) is 6.59. The Labute approximate surface area is 146 Å². The first-order valence-corrected chi connectivity index (χ1v) is 7.97. The van der Waals surface area contributed by atoms with E-state index in [0.29, 0.717) is 15.6 Å². The minimum atomic E-state index is -0.667. The molecule has 0 fully saturated rings. The van der Waals surface area contributed by atoms with E-state index in [2.05, 4.69) is 10.9 Å². The monoisotopic (exact) mass is 368 g/mol. The van der Waals surface area contributed by atoms with Gasteiger partial charge in [-0.3, -0.25) is 20.4 Å². The highest BCUT2D eigenvalue weighted by atomic mass is 35.5. The quantitative estimate of drug-likeness (QED) is 0.599. The zero-order chi connectivity index (χ0) is 17.4. The number of ether oxygens (including phenoxy) is 2. The van der Waals surface area contributed by atoms with Gasteiger partial charge in [-0.05, 0) is 35.7 Å². The standard InChI is InChI=1S/C15H13ClN2O5S/c16-10-3-5-11(6-4-10)22-8-13(19)17-18-14(20)9-23-15(21)12-2-1-7-24-12/h1-7H,8-9H2,(H,17,19)(H,18,20). The van der Waals surface area contributed by atoms with Gasteiger partial charge in [0.2, 0.25) is 0 Å². The Morgan fingerprint density at radius 2 is 1.67 bits per heavy atom. The molecule has 1 aromatic heterocycles. The molecule has 0 spiro atoms. The second kappa shape index (κ2) is 8.90. The highest BCUT2D eigenvalue weighted by Crippen LogP contribution is 2.15. The SMILES string of the molecule is O=C(COC(=O)c1cccs1)NNC(=O)COc1ccc(Cl)cc1. The molecule has 2 aromatic rings. The normalized spacial score (nSPS) is 9.88. The fourth-order valence-corrected chi connectivity index (χ4v) is 2.23. The first kappa shape index (κ1) is 17.8. The molecule has 0 bridgehead atoms. The van der Waals surface area contributed by atoms with Gasteiger partial charge in [0, 0.05) is 5.02 Å². The van der Waals surface area contributed by atoms with Crippen LogP contribution in [0.3, 0.4) is 0 Å². The first-order valence-electron chi connectivity index (χ1n) is 6.71. The number of hydrogen-bond donors (Lipinski definition) is 2. The minimum absolute atomic E-state index is 0.295. The zero-order valence-electron chi connectivity index (χ0n) is 12.3. The summed E-state index contributed by atoms with van der Waals surface area (Å²) in [5, 5.41) is 2.27. The Balaban J connectivity index is 1.63. The summed E-state index contributed by atoms with van der Waals surface area (Å²) in [4.78, 5) is 34.9. The van der Waals surface area contributed by atoms with E-state index in [1.54, 1.807) is 41.8 Å². The van der Waals surface area contributed by atoms with E-state index < -0.39 is 24.4 Å². The third-order valence-electron chi connectivity index (χ3n) is 2.58. The molecule has 24 heavy (non-hydrogen) atoms. The summed E-state index contributed by atoms with van der Waals surface area (Å²) in [7, 11) is 0. The number of carbonyl (C=O) groups excluding carboxylic acids is 3. The maximum absolute atomic E-state index is 11.5. The Morgan fingerprint density at radius 3 is 2.29 bits per heavy atom. The van der Waals surface area contributed by atoms with Crippen molar-refractivity contribution in [1.29, 1.82) is 0 Å². The fraction of sp³-hybridized carbons (Fsp3) is 0.133. The number of thiophene rings is 1. The van der Waals surface area contributed by atoms with Crippen LogP contribution in [-0.2, 0) is 14.3 Å². The molecule has 1 heterocycles. The summed E-state index contributed by atoms with van der Waals surface area (Å²) < 4.78 is 9.98. The predicted molar refractivity (Wildman–Crippen MR) is 87.8 cm³/mol. The molecule has 2 amide bonds. The van der Waals surface area contributed by atoms with Crippen molar-refractivity contribution in [3.8, 4) is 5.75 Å². The molecule has 0 saturated carbocycles. The van der Waals surface area contributed by atoms with Gasteiger partial charge in [0.25, 0.3) is 11.8 Å². The molecule has 9 heteroatoms. The molecule has 0 aliphatic carbocycles. The van der Waals surface area contributed by atoms with Gasteiger partial charge in [0.15, 0.2) is 13.2 Å². The van der Waals surface area contributed by atoms with E-state index in [1.165, 1.54) is 11.3 Å². The van der Waals surface area contributed by atoms with Crippen LogP contribution in [0.25, 0.3) is 0 Å². The summed E-state index contributed by atoms with van der Waals surface area (Å²) in [6.45, 7) is -0.800. The van der Waals surface area contributed by atoms with Crippen molar-refractivity contribution in [2.75, 3.05) is 13.2 Å². The lowest BCUT2D eigenvalue weighted by molar-refractivity contribution is -0.131. The average molecular weight is 369 g/mol. The van der Waals surface area contributed by atoms with E-state index >= 15 is 0 Å². The molecule has 126 valence electrons. The lowest BCUT2D eigenvalue weighted by Crippen LogP contribution is -2.45. The van der Waals surface area contributed by atoms with Crippen LogP contribution in [0, 0.1) is 0 Å². The number of hydrogen-bond acceptors (Lipinski definition) is 6. The Bertz CT molecular complexity index is 703. The molecule has 0 radical (unpaired) electrons. The van der Waals surface area contributed by atoms with Crippen LogP contribution in [0.4, 0.5) is 0 Å². The van der Waals surface area contributed by atoms with Crippen LogP contribution in [0.2, 0.25) is 5.02 Å². The molecular weight excluding hydrogens is 356 g/mol. The molecule has 2 N–H and O–H groups in total. The van der Waals surface area contributed by atoms with Gasteiger partial charge < -0.3 is 9.47 Å². The largest absolute Gasteiger partial charge is 0.484 e. The second-order valence-electron chi connectivity index (χ2n) is 4.39. The fourth-order valence-electron chi connectivity index (χ4n) is 1.49. The van der Waals surface area contributed by atoms with Crippen LogP contribution in [0.5, 0.6) is 5.75 Å². The highest BCUT2D eigenvalue weighted by molar-refractivity contribution is 7.11. The van der Waals surface area contributed by atoms with E-state index in [1.807, 2.05) is 0 Å². The van der Waals surface area contributed by atoms with Crippen molar-refractivity contribution in [3.05, 3.63) is 51.7 Å². The second-order valence-corrected chi connectivity index (χ2v) is 5.78. The van der Waals surface area contributed by atoms with Gasteiger partial charge in [-0.2, -0.15) is 0 Å². The summed E-state index contributed by atoms with van der Waals surface area (Å²) in [6.07, 6.45) is 0. The van der Waals surface area contributed by atoms with Gasteiger partial charge in [-0.1, -0.05) is 17.7 Å². The molecule has 2 rings (SSSR count). The first-order chi connectivity index (χ1) is 11.5. The number of esters is 1. The summed E-state index contributed by atoms with van der Waals surface area (Å²) in [5.41, 5.74) is 4.26. The molecule has 0 unspecified atom stereocenters. The van der Waals surface area contributed by atoms with Crippen LogP contribution in [-0.4, -0.2) is 31.0 Å². The van der Waals surface area contributed by atoms with Crippen molar-refractivity contribution in [2.45, 2.75) is 0 Å².